The standard InChI is InChI=1S/C43H45F4N11O5/c1-8-56-33(18-24(3)51-56)39(60)49-41-54(6)32-20-27(38(48)59)21-35(63-23-26-14-16-28(62-7)17-15-26)36(32)55(41)22-29(44)37(45)43(46,47)58-31-13-11-10-12-30(31)53(5)42(58)50-40(61)34-19-25(4)52-57(34)9-2/h10-21,29,37H,8-9,22-23H2,1-7H3,(H2,48,59)/b49-41+,50-42+. The first-order chi connectivity index (χ1) is 30.0. The highest BCUT2D eigenvalue weighted by Crippen LogP contribution is 2.35. The van der Waals surface area contributed by atoms with E-state index >= 15 is 17.6 Å². The Kier molecular flexibility index (Phi) is 12.0. The fourth-order valence-corrected chi connectivity index (χ4v) is 7.50. The zero-order valence-electron chi connectivity index (χ0n) is 35.5. The molecule has 0 saturated carbocycles. The molecule has 0 bridgehead atoms. The molecule has 20 heteroatoms. The van der Waals surface area contributed by atoms with Crippen molar-refractivity contribution in [3.8, 4) is 11.5 Å². The van der Waals surface area contributed by atoms with Crippen LogP contribution in [0.25, 0.3) is 22.1 Å². The highest BCUT2D eigenvalue weighted by Gasteiger charge is 2.49. The second kappa shape index (κ2) is 17.3. The summed E-state index contributed by atoms with van der Waals surface area (Å²) in [6, 6.07) is 13.5. The average Bonchev–Trinajstić information content (AvgIpc) is 4.00. The molecule has 2 N–H and O–H groups in total. The molecule has 7 rings (SSSR count). The minimum atomic E-state index is -4.68. The summed E-state index contributed by atoms with van der Waals surface area (Å²) >= 11 is 0. The molecule has 63 heavy (non-hydrogen) atoms. The van der Waals surface area contributed by atoms with Crippen molar-refractivity contribution in [1.82, 2.24) is 37.8 Å². The van der Waals surface area contributed by atoms with Gasteiger partial charge in [-0.15, -0.1) is 0 Å². The van der Waals surface area contributed by atoms with Crippen molar-refractivity contribution in [1.29, 1.82) is 0 Å². The third-order valence-corrected chi connectivity index (χ3v) is 10.6. The quantitative estimate of drug-likeness (QED) is 0.142. The molecule has 2 atom stereocenters. The molecule has 7 aromatic rings. The van der Waals surface area contributed by atoms with Crippen molar-refractivity contribution in [2.24, 2.45) is 29.8 Å². The number of carbonyl (C=O) groups excluding carboxylic acids is 3. The number of carbonyl (C=O) groups is 3. The normalized spacial score (nSPS) is 13.6. The third-order valence-electron chi connectivity index (χ3n) is 10.6. The second-order valence-electron chi connectivity index (χ2n) is 14.8. The lowest BCUT2D eigenvalue weighted by Crippen LogP contribution is -2.47. The Labute approximate surface area is 357 Å². The number of fused-ring (bicyclic) bond motifs is 2. The molecule has 16 nitrogen and oxygen atoms in total. The number of aromatic nitrogens is 8. The van der Waals surface area contributed by atoms with Gasteiger partial charge in [0.05, 0.1) is 41.6 Å². The van der Waals surface area contributed by atoms with E-state index in [9.17, 15) is 14.4 Å². The second-order valence-corrected chi connectivity index (χ2v) is 14.8. The molecule has 0 radical (unpaired) electrons. The Hall–Kier alpha value is -7.25. The first-order valence-corrected chi connectivity index (χ1v) is 19.9. The number of rotatable bonds is 14. The van der Waals surface area contributed by atoms with E-state index in [1.807, 2.05) is 0 Å². The molecule has 0 spiro atoms. The van der Waals surface area contributed by atoms with Crippen molar-refractivity contribution in [2.75, 3.05) is 7.11 Å². The topological polar surface area (TPSA) is 176 Å². The van der Waals surface area contributed by atoms with E-state index in [-0.39, 0.29) is 68.1 Å². The zero-order valence-corrected chi connectivity index (χ0v) is 35.5. The molecule has 330 valence electrons. The smallest absolute Gasteiger partial charge is 0.366 e. The number of halogens is 4. The minimum absolute atomic E-state index is 0.00938. The Morgan fingerprint density at radius 1 is 0.794 bits per heavy atom. The molecule has 3 aromatic carbocycles. The highest BCUT2D eigenvalue weighted by atomic mass is 19.3. The Morgan fingerprint density at radius 3 is 1.90 bits per heavy atom. The Bertz CT molecular complexity index is 3040. The molecule has 2 unspecified atom stereocenters. The molecule has 0 fully saturated rings. The first kappa shape index (κ1) is 43.8. The summed E-state index contributed by atoms with van der Waals surface area (Å²) in [5.74, 6) is -2.11. The lowest BCUT2D eigenvalue weighted by Gasteiger charge is -2.25. The van der Waals surface area contributed by atoms with Gasteiger partial charge in [0.25, 0.3) is 11.8 Å². The monoisotopic (exact) mass is 871 g/mol. The van der Waals surface area contributed by atoms with Crippen molar-refractivity contribution >= 4 is 39.8 Å². The van der Waals surface area contributed by atoms with E-state index in [2.05, 4.69) is 20.2 Å². The van der Waals surface area contributed by atoms with Crippen molar-refractivity contribution in [3.05, 3.63) is 118 Å². The lowest BCUT2D eigenvalue weighted by molar-refractivity contribution is -0.165. The van der Waals surface area contributed by atoms with E-state index < -0.39 is 48.3 Å². The maximum Gasteiger partial charge on any atom is 0.366 e. The van der Waals surface area contributed by atoms with E-state index in [4.69, 9.17) is 15.2 Å². The average molecular weight is 872 g/mol. The fraction of sp³-hybridized carbons (Fsp3) is 0.326. The van der Waals surface area contributed by atoms with Gasteiger partial charge in [-0.1, -0.05) is 24.3 Å². The number of alkyl halides is 4. The molecule has 0 aliphatic rings. The number of hydrogen-bond acceptors (Lipinski definition) is 7. The van der Waals surface area contributed by atoms with Crippen LogP contribution in [0, 0.1) is 13.8 Å². The molecule has 0 aliphatic carbocycles. The van der Waals surface area contributed by atoms with Crippen LogP contribution in [-0.2, 0) is 46.4 Å². The summed E-state index contributed by atoms with van der Waals surface area (Å²) in [6.07, 6.45) is -6.61. The minimum Gasteiger partial charge on any atom is -0.497 e. The highest BCUT2D eigenvalue weighted by molar-refractivity contribution is 5.99. The number of nitrogens with zero attached hydrogens (tertiary/aromatic N) is 10. The number of aryl methyl sites for hydroxylation is 6. The van der Waals surface area contributed by atoms with E-state index in [0.717, 1.165) is 4.57 Å². The van der Waals surface area contributed by atoms with Crippen LogP contribution in [0.2, 0.25) is 0 Å². The molecule has 3 amide bonds. The van der Waals surface area contributed by atoms with Crippen LogP contribution in [0.1, 0.15) is 62.1 Å². The van der Waals surface area contributed by atoms with Crippen LogP contribution >= 0.6 is 0 Å². The predicted octanol–water partition coefficient (Wildman–Crippen LogP) is 5.42. The number of para-hydroxylation sites is 2. The predicted molar refractivity (Wildman–Crippen MR) is 223 cm³/mol. The van der Waals surface area contributed by atoms with Crippen molar-refractivity contribution < 1.29 is 41.4 Å². The van der Waals surface area contributed by atoms with Crippen LogP contribution in [0.5, 0.6) is 11.5 Å². The molecule has 4 aromatic heterocycles. The fourth-order valence-electron chi connectivity index (χ4n) is 7.50. The Balaban J connectivity index is 1.38. The van der Waals surface area contributed by atoms with Gasteiger partial charge in [-0.2, -0.15) is 29.0 Å². The van der Waals surface area contributed by atoms with Gasteiger partial charge >= 0.3 is 6.05 Å². The van der Waals surface area contributed by atoms with Gasteiger partial charge in [0, 0.05) is 32.7 Å². The summed E-state index contributed by atoms with van der Waals surface area (Å²) in [5, 5.41) is 8.54. The largest absolute Gasteiger partial charge is 0.497 e. The number of methoxy groups -OCH3 is 1. The molecule has 4 heterocycles. The number of benzene rings is 3. The number of ether oxygens (including phenoxy) is 2. The van der Waals surface area contributed by atoms with Crippen molar-refractivity contribution in [2.45, 2.75) is 72.3 Å². The maximum absolute atomic E-state index is 17.0. The number of hydrogen-bond donors (Lipinski definition) is 1. The van der Waals surface area contributed by atoms with Crippen LogP contribution in [0.3, 0.4) is 0 Å². The van der Waals surface area contributed by atoms with Gasteiger partial charge in [-0.05, 0) is 81.8 Å². The maximum atomic E-state index is 17.0. The summed E-state index contributed by atoms with van der Waals surface area (Å²) in [7, 11) is 4.33. The van der Waals surface area contributed by atoms with Crippen LogP contribution in [0.4, 0.5) is 17.6 Å². The molecule has 0 saturated heterocycles. The van der Waals surface area contributed by atoms with Gasteiger partial charge in [-0.3, -0.25) is 23.7 Å². The van der Waals surface area contributed by atoms with Crippen LogP contribution in [0.15, 0.2) is 82.8 Å². The van der Waals surface area contributed by atoms with Gasteiger partial charge in [0.1, 0.15) is 35.0 Å². The summed E-state index contributed by atoms with van der Waals surface area (Å²) < 4.78 is 85.6. The summed E-state index contributed by atoms with van der Waals surface area (Å²) in [5.41, 5.74) is 6.47. The number of amides is 3. The van der Waals surface area contributed by atoms with Gasteiger partial charge in [0.2, 0.25) is 23.3 Å². The zero-order chi connectivity index (χ0) is 45.5. The Morgan fingerprint density at radius 2 is 1.35 bits per heavy atom. The van der Waals surface area contributed by atoms with Crippen LogP contribution in [-0.4, -0.2) is 75.0 Å². The van der Waals surface area contributed by atoms with E-state index in [0.29, 0.717) is 29.2 Å². The van der Waals surface area contributed by atoms with Gasteiger partial charge in [-0.25, -0.2) is 13.3 Å². The third kappa shape index (κ3) is 8.15. The SMILES string of the molecule is CCn1nc(C)cc1C(=O)/N=c1\n(C)c2cc(C(N)=O)cc(OCc3ccc(OC)cc3)c2n1CC(F)C(F)C(F)(F)n1/c(=N/C(=O)c2cc(C)nn2CC)n(C)c2ccccc21. The summed E-state index contributed by atoms with van der Waals surface area (Å²) in [4.78, 5) is 48.4. The van der Waals surface area contributed by atoms with E-state index in [1.54, 1.807) is 58.0 Å². The molecule has 0 aliphatic heterocycles. The summed E-state index contributed by atoms with van der Waals surface area (Å²) in [6.45, 7) is 6.14. The van der Waals surface area contributed by atoms with Crippen LogP contribution < -0.4 is 26.4 Å². The molecular formula is C43H45F4N11O5. The first-order valence-electron chi connectivity index (χ1n) is 19.9. The van der Waals surface area contributed by atoms with Gasteiger partial charge in [0.15, 0.2) is 6.17 Å². The van der Waals surface area contributed by atoms with E-state index in [1.165, 1.54) is 82.2 Å². The number of primary amides is 1. The number of imidazole rings is 2. The number of nitrogens with two attached hydrogens (primary N) is 1. The molecular weight excluding hydrogens is 827 g/mol. The van der Waals surface area contributed by atoms with Crippen molar-refractivity contribution in [3.63, 3.8) is 0 Å². The van der Waals surface area contributed by atoms with Gasteiger partial charge < -0.3 is 28.9 Å². The lowest BCUT2D eigenvalue weighted by atomic mass is 10.1.